The minimum absolute atomic E-state index is 0.0762. The van der Waals surface area contributed by atoms with Crippen molar-refractivity contribution in [2.24, 2.45) is 5.73 Å². The molecule has 0 fully saturated rings. The van der Waals surface area contributed by atoms with Gasteiger partial charge in [0.2, 0.25) is 0 Å². The molecule has 2 aromatic carbocycles. The van der Waals surface area contributed by atoms with Gasteiger partial charge in [-0.1, -0.05) is 35.9 Å². The van der Waals surface area contributed by atoms with E-state index in [0.717, 1.165) is 17.1 Å². The Kier molecular flexibility index (Phi) is 4.46. The van der Waals surface area contributed by atoms with Crippen LogP contribution in [0.2, 0.25) is 5.02 Å². The summed E-state index contributed by atoms with van der Waals surface area (Å²) in [5.74, 6) is 0. The third kappa shape index (κ3) is 3.72. The number of hydrogen-bond acceptors (Lipinski definition) is 2. The van der Waals surface area contributed by atoms with Gasteiger partial charge in [-0.05, 0) is 42.3 Å². The first-order chi connectivity index (χ1) is 9.06. The van der Waals surface area contributed by atoms with Gasteiger partial charge < -0.3 is 10.6 Å². The van der Waals surface area contributed by atoms with Crippen molar-refractivity contribution in [3.8, 4) is 0 Å². The second kappa shape index (κ2) is 6.09. The molecule has 0 aliphatic rings. The zero-order valence-corrected chi connectivity index (χ0v) is 12.1. The van der Waals surface area contributed by atoms with Crippen LogP contribution in [0, 0.1) is 0 Å². The van der Waals surface area contributed by atoms with E-state index < -0.39 is 0 Å². The van der Waals surface area contributed by atoms with Gasteiger partial charge in [-0.2, -0.15) is 0 Å². The molecule has 0 aromatic heterocycles. The van der Waals surface area contributed by atoms with Gasteiger partial charge >= 0.3 is 0 Å². The van der Waals surface area contributed by atoms with E-state index in [-0.39, 0.29) is 6.04 Å². The molecule has 0 saturated carbocycles. The molecule has 0 unspecified atom stereocenters. The smallest absolute Gasteiger partial charge is 0.0426 e. The first-order valence-electron chi connectivity index (χ1n) is 6.37. The summed E-state index contributed by atoms with van der Waals surface area (Å²) in [5, 5.41) is 0.776. The number of benzene rings is 2. The molecular weight excluding hydrogens is 256 g/mol. The van der Waals surface area contributed by atoms with E-state index in [9.17, 15) is 0 Å². The Morgan fingerprint density at radius 1 is 1.16 bits per heavy atom. The van der Waals surface area contributed by atoms with Gasteiger partial charge in [-0.3, -0.25) is 0 Å². The average molecular weight is 275 g/mol. The van der Waals surface area contributed by atoms with Crippen LogP contribution in [-0.4, -0.2) is 7.05 Å². The molecule has 2 aromatic rings. The van der Waals surface area contributed by atoms with Crippen LogP contribution >= 0.6 is 11.6 Å². The molecule has 0 bridgehead atoms. The van der Waals surface area contributed by atoms with Gasteiger partial charge in [0, 0.05) is 30.3 Å². The largest absolute Gasteiger partial charge is 0.370 e. The molecule has 0 amide bonds. The van der Waals surface area contributed by atoms with Crippen LogP contribution in [0.1, 0.15) is 24.1 Å². The highest BCUT2D eigenvalue weighted by atomic mass is 35.5. The first-order valence-corrected chi connectivity index (χ1v) is 6.75. The van der Waals surface area contributed by atoms with E-state index in [1.54, 1.807) is 0 Å². The Labute approximate surface area is 119 Å². The van der Waals surface area contributed by atoms with Crippen molar-refractivity contribution in [1.29, 1.82) is 0 Å². The van der Waals surface area contributed by atoms with Crippen LogP contribution in [0.15, 0.2) is 48.5 Å². The Morgan fingerprint density at radius 3 is 2.42 bits per heavy atom. The third-order valence-corrected chi connectivity index (χ3v) is 3.40. The van der Waals surface area contributed by atoms with E-state index in [0.29, 0.717) is 0 Å². The second-order valence-electron chi connectivity index (χ2n) is 4.87. The normalized spacial score (nSPS) is 12.2. The van der Waals surface area contributed by atoms with E-state index in [2.05, 4.69) is 42.3 Å². The zero-order chi connectivity index (χ0) is 13.8. The minimum atomic E-state index is 0.0762. The SMILES string of the molecule is C[C@H](N)c1ccc(N(C)Cc2cccc(Cl)c2)cc1. The highest BCUT2D eigenvalue weighted by Gasteiger charge is 2.04. The average Bonchev–Trinajstić information content (AvgIpc) is 2.39. The predicted molar refractivity (Wildman–Crippen MR) is 82.6 cm³/mol. The monoisotopic (exact) mass is 274 g/mol. The summed E-state index contributed by atoms with van der Waals surface area (Å²) in [6.45, 7) is 2.82. The highest BCUT2D eigenvalue weighted by Crippen LogP contribution is 2.20. The van der Waals surface area contributed by atoms with E-state index >= 15 is 0 Å². The summed E-state index contributed by atoms with van der Waals surface area (Å²) in [6, 6.07) is 16.4. The van der Waals surface area contributed by atoms with Crippen molar-refractivity contribution in [2.45, 2.75) is 19.5 Å². The van der Waals surface area contributed by atoms with Crippen LogP contribution in [0.3, 0.4) is 0 Å². The Bertz CT molecular complexity index is 535. The maximum Gasteiger partial charge on any atom is 0.0426 e. The molecule has 0 spiro atoms. The fourth-order valence-corrected chi connectivity index (χ4v) is 2.25. The van der Waals surface area contributed by atoms with Gasteiger partial charge in [0.05, 0.1) is 0 Å². The van der Waals surface area contributed by atoms with Crippen molar-refractivity contribution >= 4 is 17.3 Å². The summed E-state index contributed by atoms with van der Waals surface area (Å²) in [5.41, 5.74) is 9.38. The lowest BCUT2D eigenvalue weighted by Crippen LogP contribution is -2.16. The van der Waals surface area contributed by atoms with E-state index in [4.69, 9.17) is 17.3 Å². The van der Waals surface area contributed by atoms with Crippen molar-refractivity contribution < 1.29 is 0 Å². The van der Waals surface area contributed by atoms with Gasteiger partial charge in [-0.15, -0.1) is 0 Å². The van der Waals surface area contributed by atoms with E-state index in [1.165, 1.54) is 11.3 Å². The molecule has 0 aliphatic heterocycles. The van der Waals surface area contributed by atoms with Gasteiger partial charge in [0.1, 0.15) is 0 Å². The van der Waals surface area contributed by atoms with Crippen molar-refractivity contribution in [1.82, 2.24) is 0 Å². The number of hydrogen-bond donors (Lipinski definition) is 1. The topological polar surface area (TPSA) is 29.3 Å². The Hall–Kier alpha value is -1.51. The molecular formula is C16H19ClN2. The molecule has 0 saturated heterocycles. The lowest BCUT2D eigenvalue weighted by molar-refractivity contribution is 0.817. The van der Waals surface area contributed by atoms with Gasteiger partial charge in [0.15, 0.2) is 0 Å². The van der Waals surface area contributed by atoms with Crippen LogP contribution < -0.4 is 10.6 Å². The number of nitrogens with two attached hydrogens (primary N) is 1. The lowest BCUT2D eigenvalue weighted by Gasteiger charge is -2.20. The number of nitrogens with zero attached hydrogens (tertiary/aromatic N) is 1. The second-order valence-corrected chi connectivity index (χ2v) is 5.30. The minimum Gasteiger partial charge on any atom is -0.370 e. The third-order valence-electron chi connectivity index (χ3n) is 3.17. The molecule has 0 aliphatic carbocycles. The lowest BCUT2D eigenvalue weighted by atomic mass is 10.1. The van der Waals surface area contributed by atoms with Gasteiger partial charge in [-0.25, -0.2) is 0 Å². The Morgan fingerprint density at radius 2 is 1.84 bits per heavy atom. The number of anilines is 1. The van der Waals surface area contributed by atoms with Crippen LogP contribution in [0.25, 0.3) is 0 Å². The molecule has 0 radical (unpaired) electrons. The molecule has 2 rings (SSSR count). The molecule has 1 atom stereocenters. The van der Waals surface area contributed by atoms with E-state index in [1.807, 2.05) is 25.1 Å². The molecule has 100 valence electrons. The summed E-state index contributed by atoms with van der Waals surface area (Å²) < 4.78 is 0. The summed E-state index contributed by atoms with van der Waals surface area (Å²) >= 11 is 6.00. The number of halogens is 1. The summed E-state index contributed by atoms with van der Waals surface area (Å²) in [4.78, 5) is 2.19. The fourth-order valence-electron chi connectivity index (χ4n) is 2.03. The quantitative estimate of drug-likeness (QED) is 0.913. The van der Waals surface area contributed by atoms with Crippen molar-refractivity contribution in [3.63, 3.8) is 0 Å². The van der Waals surface area contributed by atoms with Crippen LogP contribution in [0.5, 0.6) is 0 Å². The van der Waals surface area contributed by atoms with Crippen LogP contribution in [-0.2, 0) is 6.54 Å². The summed E-state index contributed by atoms with van der Waals surface area (Å²) in [7, 11) is 2.07. The van der Waals surface area contributed by atoms with Gasteiger partial charge in [0.25, 0.3) is 0 Å². The molecule has 2 N–H and O–H groups in total. The zero-order valence-electron chi connectivity index (χ0n) is 11.3. The Balaban J connectivity index is 2.09. The highest BCUT2D eigenvalue weighted by molar-refractivity contribution is 6.30. The molecule has 3 heteroatoms. The fraction of sp³-hybridized carbons (Fsp3) is 0.250. The first kappa shape index (κ1) is 13.9. The number of rotatable bonds is 4. The molecule has 19 heavy (non-hydrogen) atoms. The maximum absolute atomic E-state index is 6.00. The summed E-state index contributed by atoms with van der Waals surface area (Å²) in [6.07, 6.45) is 0. The maximum atomic E-state index is 6.00. The molecule has 2 nitrogen and oxygen atoms in total. The molecule has 0 heterocycles. The predicted octanol–water partition coefficient (Wildman–Crippen LogP) is 4.00. The van der Waals surface area contributed by atoms with Crippen molar-refractivity contribution in [2.75, 3.05) is 11.9 Å². The standard InChI is InChI=1S/C16H19ClN2/c1-12(18)14-6-8-16(9-7-14)19(2)11-13-4-3-5-15(17)10-13/h3-10,12H,11,18H2,1-2H3/t12-/m0/s1. The van der Waals surface area contributed by atoms with Crippen molar-refractivity contribution in [3.05, 3.63) is 64.7 Å². The van der Waals surface area contributed by atoms with Crippen LogP contribution in [0.4, 0.5) is 5.69 Å².